The standard InChI is InChI=1S/C51H36N2O/c1-31-22-25-46-41(28-31)38-16-7-8-19-44(38)52(46)34-24-27-48-43(30-34)42-29-32(2)23-26-47(42)53(48)45-20-9-6-15-37(45)35-13-4-5-14-36(35)39-17-11-21-49-50(39)40-18-10-12-33(3)51(40)54-49/h4-30H,1-3H3. The van der Waals surface area contributed by atoms with E-state index in [9.17, 15) is 0 Å². The van der Waals surface area contributed by atoms with Crippen LogP contribution in [0, 0.1) is 20.8 Å². The highest BCUT2D eigenvalue weighted by Crippen LogP contribution is 2.44. The molecule has 3 heteroatoms. The molecule has 0 spiro atoms. The van der Waals surface area contributed by atoms with Crippen LogP contribution in [-0.2, 0) is 0 Å². The number of aromatic nitrogens is 2. The minimum atomic E-state index is 0.909. The van der Waals surface area contributed by atoms with Gasteiger partial charge in [0, 0.05) is 43.6 Å². The number of benzene rings is 8. The number of fused-ring (bicyclic) bond motifs is 9. The molecule has 0 saturated heterocycles. The average molecular weight is 693 g/mol. The van der Waals surface area contributed by atoms with Gasteiger partial charge in [0.05, 0.1) is 27.8 Å². The maximum Gasteiger partial charge on any atom is 0.138 e. The molecule has 0 amide bonds. The highest BCUT2D eigenvalue weighted by Gasteiger charge is 2.21. The number of para-hydroxylation sites is 3. The summed E-state index contributed by atoms with van der Waals surface area (Å²) in [7, 11) is 0. The first-order valence-electron chi connectivity index (χ1n) is 18.7. The van der Waals surface area contributed by atoms with Crippen molar-refractivity contribution in [1.29, 1.82) is 0 Å². The summed E-state index contributed by atoms with van der Waals surface area (Å²) in [6.45, 7) is 6.48. The summed E-state index contributed by atoms with van der Waals surface area (Å²) >= 11 is 0. The van der Waals surface area contributed by atoms with E-state index in [2.05, 4.69) is 194 Å². The topological polar surface area (TPSA) is 23.0 Å². The van der Waals surface area contributed by atoms with E-state index in [1.54, 1.807) is 0 Å². The molecule has 0 aliphatic heterocycles. The Morgan fingerprint density at radius 2 is 0.944 bits per heavy atom. The quantitative estimate of drug-likeness (QED) is 0.180. The van der Waals surface area contributed by atoms with Crippen LogP contribution in [-0.4, -0.2) is 9.13 Å². The molecule has 0 radical (unpaired) electrons. The fraction of sp³-hybridized carbons (Fsp3) is 0.0588. The molecule has 54 heavy (non-hydrogen) atoms. The number of rotatable bonds is 4. The molecule has 0 aliphatic rings. The van der Waals surface area contributed by atoms with Crippen LogP contribution in [0.3, 0.4) is 0 Å². The van der Waals surface area contributed by atoms with Gasteiger partial charge in [-0.1, -0.05) is 114 Å². The smallest absolute Gasteiger partial charge is 0.138 e. The van der Waals surface area contributed by atoms with Gasteiger partial charge in [-0.3, -0.25) is 0 Å². The summed E-state index contributed by atoms with van der Waals surface area (Å²) in [4.78, 5) is 0. The molecule has 0 fully saturated rings. The molecule has 0 unspecified atom stereocenters. The van der Waals surface area contributed by atoms with Crippen LogP contribution in [0.25, 0.3) is 99.2 Å². The molecule has 0 atom stereocenters. The summed E-state index contributed by atoms with van der Waals surface area (Å²) in [5.41, 5.74) is 17.3. The Morgan fingerprint density at radius 3 is 1.74 bits per heavy atom. The van der Waals surface area contributed by atoms with Crippen LogP contribution in [0.2, 0.25) is 0 Å². The molecule has 3 heterocycles. The third-order valence-corrected chi connectivity index (χ3v) is 11.4. The van der Waals surface area contributed by atoms with Gasteiger partial charge in [-0.05, 0) is 104 Å². The third-order valence-electron chi connectivity index (χ3n) is 11.4. The van der Waals surface area contributed by atoms with E-state index in [4.69, 9.17) is 4.42 Å². The monoisotopic (exact) mass is 692 g/mol. The second-order valence-electron chi connectivity index (χ2n) is 14.7. The molecule has 0 aliphatic carbocycles. The maximum atomic E-state index is 6.46. The normalized spacial score (nSPS) is 12.0. The second kappa shape index (κ2) is 11.6. The Labute approximate surface area is 312 Å². The SMILES string of the molecule is Cc1ccc2c(c1)c1ccccc1n2-c1ccc2c(c1)c1cc(C)ccc1n2-c1ccccc1-c1ccccc1-c1cccc2oc3c(C)cccc3c12. The fourth-order valence-corrected chi connectivity index (χ4v) is 8.95. The van der Waals surface area contributed by atoms with Gasteiger partial charge in [0.15, 0.2) is 0 Å². The predicted molar refractivity (Wildman–Crippen MR) is 227 cm³/mol. The molecular weight excluding hydrogens is 657 g/mol. The molecule has 11 rings (SSSR count). The molecule has 0 bridgehead atoms. The zero-order chi connectivity index (χ0) is 36.1. The fourth-order valence-electron chi connectivity index (χ4n) is 8.95. The lowest BCUT2D eigenvalue weighted by Crippen LogP contribution is -1.99. The van der Waals surface area contributed by atoms with Crippen LogP contribution in [0.1, 0.15) is 16.7 Å². The van der Waals surface area contributed by atoms with E-state index in [0.29, 0.717) is 0 Å². The van der Waals surface area contributed by atoms with E-state index in [1.807, 2.05) is 0 Å². The number of hydrogen-bond donors (Lipinski definition) is 0. The molecule has 256 valence electrons. The molecule has 3 nitrogen and oxygen atoms in total. The van der Waals surface area contributed by atoms with Gasteiger partial charge in [0.1, 0.15) is 11.2 Å². The van der Waals surface area contributed by atoms with E-state index < -0.39 is 0 Å². The lowest BCUT2D eigenvalue weighted by molar-refractivity contribution is 0.666. The van der Waals surface area contributed by atoms with E-state index >= 15 is 0 Å². The highest BCUT2D eigenvalue weighted by atomic mass is 16.3. The zero-order valence-electron chi connectivity index (χ0n) is 30.4. The third kappa shape index (κ3) is 4.42. The van der Waals surface area contributed by atoms with Crippen LogP contribution < -0.4 is 0 Å². The minimum absolute atomic E-state index is 0.909. The van der Waals surface area contributed by atoms with E-state index in [1.165, 1.54) is 77.0 Å². The van der Waals surface area contributed by atoms with Crippen molar-refractivity contribution < 1.29 is 4.42 Å². The summed E-state index contributed by atoms with van der Waals surface area (Å²) in [6, 6.07) is 60.0. The lowest BCUT2D eigenvalue weighted by Gasteiger charge is -2.17. The number of aryl methyl sites for hydroxylation is 3. The van der Waals surface area contributed by atoms with Gasteiger partial charge in [0.2, 0.25) is 0 Å². The Hall–Kier alpha value is -6.84. The summed E-state index contributed by atoms with van der Waals surface area (Å²) in [5.74, 6) is 0. The van der Waals surface area contributed by atoms with E-state index in [0.717, 1.165) is 38.9 Å². The first-order chi connectivity index (χ1) is 26.5. The largest absolute Gasteiger partial charge is 0.456 e. The van der Waals surface area contributed by atoms with Crippen molar-refractivity contribution in [3.05, 3.63) is 180 Å². The van der Waals surface area contributed by atoms with Crippen molar-refractivity contribution in [2.75, 3.05) is 0 Å². The van der Waals surface area contributed by atoms with Crippen molar-refractivity contribution in [2.45, 2.75) is 20.8 Å². The number of furan rings is 1. The lowest BCUT2D eigenvalue weighted by atomic mass is 9.91. The number of hydrogen-bond acceptors (Lipinski definition) is 1. The van der Waals surface area contributed by atoms with Crippen molar-refractivity contribution in [3.63, 3.8) is 0 Å². The van der Waals surface area contributed by atoms with E-state index in [-0.39, 0.29) is 0 Å². The maximum absolute atomic E-state index is 6.46. The Morgan fingerprint density at radius 1 is 0.389 bits per heavy atom. The molecule has 0 N–H and O–H groups in total. The van der Waals surface area contributed by atoms with Gasteiger partial charge >= 0.3 is 0 Å². The molecule has 3 aromatic heterocycles. The highest BCUT2D eigenvalue weighted by molar-refractivity contribution is 6.15. The summed E-state index contributed by atoms with van der Waals surface area (Å²) in [5, 5.41) is 7.34. The number of nitrogens with zero attached hydrogens (tertiary/aromatic N) is 2. The zero-order valence-corrected chi connectivity index (χ0v) is 30.4. The van der Waals surface area contributed by atoms with Crippen LogP contribution in [0.15, 0.2) is 168 Å². The van der Waals surface area contributed by atoms with Crippen LogP contribution in [0.5, 0.6) is 0 Å². The molecule has 8 aromatic carbocycles. The first kappa shape index (κ1) is 30.8. The molecule has 0 saturated carbocycles. The van der Waals surface area contributed by atoms with Crippen molar-refractivity contribution >= 4 is 65.6 Å². The minimum Gasteiger partial charge on any atom is -0.456 e. The Balaban J connectivity index is 1.16. The summed E-state index contributed by atoms with van der Waals surface area (Å²) in [6.07, 6.45) is 0. The Bertz CT molecular complexity index is 3310. The van der Waals surface area contributed by atoms with Crippen molar-refractivity contribution in [1.82, 2.24) is 9.13 Å². The van der Waals surface area contributed by atoms with Gasteiger partial charge in [-0.2, -0.15) is 0 Å². The van der Waals surface area contributed by atoms with Crippen LogP contribution >= 0.6 is 0 Å². The average Bonchev–Trinajstić information content (AvgIpc) is 3.86. The van der Waals surface area contributed by atoms with Gasteiger partial charge < -0.3 is 13.6 Å². The second-order valence-corrected chi connectivity index (χ2v) is 14.7. The molecular formula is C51H36N2O. The summed E-state index contributed by atoms with van der Waals surface area (Å²) < 4.78 is 11.4. The van der Waals surface area contributed by atoms with Gasteiger partial charge in [0.25, 0.3) is 0 Å². The van der Waals surface area contributed by atoms with Crippen molar-refractivity contribution in [3.8, 4) is 33.6 Å². The predicted octanol–water partition coefficient (Wildman–Crippen LogP) is 14.0. The Kier molecular flexibility index (Phi) is 6.60. The van der Waals surface area contributed by atoms with Crippen LogP contribution in [0.4, 0.5) is 0 Å². The van der Waals surface area contributed by atoms with Gasteiger partial charge in [-0.15, -0.1) is 0 Å². The first-order valence-corrected chi connectivity index (χ1v) is 18.7. The molecule has 11 aromatic rings. The van der Waals surface area contributed by atoms with Gasteiger partial charge in [-0.25, -0.2) is 0 Å². The van der Waals surface area contributed by atoms with Crippen molar-refractivity contribution in [2.24, 2.45) is 0 Å².